The molecule has 0 aromatic heterocycles. The van der Waals surface area contributed by atoms with E-state index in [-0.39, 0.29) is 12.0 Å². The predicted octanol–water partition coefficient (Wildman–Crippen LogP) is 3.09. The molecule has 1 aliphatic rings. The molecule has 1 aromatic rings. The normalized spacial score (nSPS) is 17.7. The maximum Gasteiger partial charge on any atom is 0.416 e. The third-order valence-corrected chi connectivity index (χ3v) is 3.78. The maximum atomic E-state index is 12.5. The quantitative estimate of drug-likeness (QED) is 0.852. The molecular formula is C16H18F3NO2. The number of hydrogen-bond donors (Lipinski definition) is 1. The molecule has 0 saturated carbocycles. The number of piperidine rings is 1. The lowest BCUT2D eigenvalue weighted by atomic mass is 10.0. The largest absolute Gasteiger partial charge is 0.416 e. The molecule has 6 heteroatoms. The zero-order valence-corrected chi connectivity index (χ0v) is 12.2. The lowest BCUT2D eigenvalue weighted by Crippen LogP contribution is -2.39. The molecule has 0 bridgehead atoms. The lowest BCUT2D eigenvalue weighted by molar-refractivity contribution is -0.137. The van der Waals surface area contributed by atoms with Crippen molar-refractivity contribution in [2.75, 3.05) is 13.1 Å². The molecule has 1 aromatic carbocycles. The molecule has 1 fully saturated rings. The van der Waals surface area contributed by atoms with Gasteiger partial charge >= 0.3 is 6.18 Å². The van der Waals surface area contributed by atoms with E-state index in [2.05, 4.69) is 0 Å². The molecule has 22 heavy (non-hydrogen) atoms. The van der Waals surface area contributed by atoms with E-state index in [9.17, 15) is 23.1 Å². The number of carbonyl (C=O) groups is 1. The van der Waals surface area contributed by atoms with E-state index in [4.69, 9.17) is 0 Å². The van der Waals surface area contributed by atoms with Crippen molar-refractivity contribution < 1.29 is 23.1 Å². The first-order chi connectivity index (χ1) is 10.3. The van der Waals surface area contributed by atoms with Crippen LogP contribution in [0.2, 0.25) is 0 Å². The summed E-state index contributed by atoms with van der Waals surface area (Å²) in [6.07, 6.45) is -2.18. The summed E-state index contributed by atoms with van der Waals surface area (Å²) in [7, 11) is 0. The molecule has 1 amide bonds. The predicted molar refractivity (Wildman–Crippen MR) is 76.9 cm³/mol. The van der Waals surface area contributed by atoms with Crippen LogP contribution in [-0.4, -0.2) is 35.1 Å². The van der Waals surface area contributed by atoms with Gasteiger partial charge in [-0.1, -0.05) is 12.1 Å². The monoisotopic (exact) mass is 313 g/mol. The Labute approximate surface area is 127 Å². The van der Waals surface area contributed by atoms with Gasteiger partial charge < -0.3 is 10.0 Å². The van der Waals surface area contributed by atoms with Crippen LogP contribution in [0.3, 0.4) is 0 Å². The summed E-state index contributed by atoms with van der Waals surface area (Å²) in [6, 6.07) is 4.74. The highest BCUT2D eigenvalue weighted by Gasteiger charge is 2.30. The van der Waals surface area contributed by atoms with Gasteiger partial charge in [0.05, 0.1) is 11.7 Å². The smallest absolute Gasteiger partial charge is 0.393 e. The third kappa shape index (κ3) is 4.10. The van der Waals surface area contributed by atoms with Gasteiger partial charge in [-0.2, -0.15) is 13.2 Å². The SMILES string of the molecule is CC(=CC(=O)N1CCC(O)CC1)c1ccc(C(F)(F)F)cc1. The first-order valence-corrected chi connectivity index (χ1v) is 7.10. The number of allylic oxidation sites excluding steroid dienone is 1. The number of rotatable bonds is 2. The van der Waals surface area contributed by atoms with E-state index in [0.717, 1.165) is 12.1 Å². The number of nitrogens with zero attached hydrogens (tertiary/aromatic N) is 1. The van der Waals surface area contributed by atoms with Crippen LogP contribution >= 0.6 is 0 Å². The van der Waals surface area contributed by atoms with Crippen LogP contribution in [0.5, 0.6) is 0 Å². The van der Waals surface area contributed by atoms with E-state index in [0.29, 0.717) is 37.1 Å². The van der Waals surface area contributed by atoms with E-state index in [1.54, 1.807) is 11.8 Å². The van der Waals surface area contributed by atoms with Crippen LogP contribution in [0.15, 0.2) is 30.3 Å². The van der Waals surface area contributed by atoms with Gasteiger partial charge in [0.1, 0.15) is 0 Å². The minimum absolute atomic E-state index is 0.177. The third-order valence-electron chi connectivity index (χ3n) is 3.78. The molecule has 0 aliphatic carbocycles. The molecule has 1 aliphatic heterocycles. The zero-order chi connectivity index (χ0) is 16.3. The molecule has 120 valence electrons. The number of aliphatic hydroxyl groups excluding tert-OH is 1. The van der Waals surface area contributed by atoms with Crippen molar-refractivity contribution in [1.29, 1.82) is 0 Å². The summed E-state index contributed by atoms with van der Waals surface area (Å²) >= 11 is 0. The van der Waals surface area contributed by atoms with Crippen molar-refractivity contribution in [1.82, 2.24) is 4.90 Å². The number of likely N-dealkylation sites (tertiary alicyclic amines) is 1. The minimum Gasteiger partial charge on any atom is -0.393 e. The molecule has 1 N–H and O–H groups in total. The Morgan fingerprint density at radius 2 is 1.77 bits per heavy atom. The van der Waals surface area contributed by atoms with E-state index in [1.165, 1.54) is 18.2 Å². The number of hydrogen-bond acceptors (Lipinski definition) is 2. The second-order valence-corrected chi connectivity index (χ2v) is 5.46. The number of halogens is 3. The summed E-state index contributed by atoms with van der Waals surface area (Å²) in [5.74, 6) is -0.177. The number of alkyl halides is 3. The standard InChI is InChI=1S/C16H18F3NO2/c1-11(10-15(22)20-8-6-14(21)7-9-20)12-2-4-13(5-3-12)16(17,18)19/h2-5,10,14,21H,6-9H2,1H3. The molecule has 1 heterocycles. The number of amides is 1. The second-order valence-electron chi connectivity index (χ2n) is 5.46. The Morgan fingerprint density at radius 3 is 2.27 bits per heavy atom. The van der Waals surface area contributed by atoms with Crippen molar-refractivity contribution in [3.05, 3.63) is 41.5 Å². The van der Waals surface area contributed by atoms with Crippen LogP contribution in [-0.2, 0) is 11.0 Å². The van der Waals surface area contributed by atoms with Crippen molar-refractivity contribution in [3.8, 4) is 0 Å². The fraction of sp³-hybridized carbons (Fsp3) is 0.438. The maximum absolute atomic E-state index is 12.5. The fourth-order valence-corrected chi connectivity index (χ4v) is 2.37. The zero-order valence-electron chi connectivity index (χ0n) is 12.2. The molecule has 0 spiro atoms. The van der Waals surface area contributed by atoms with Crippen molar-refractivity contribution in [2.45, 2.75) is 32.0 Å². The van der Waals surface area contributed by atoms with Crippen LogP contribution in [0.25, 0.3) is 5.57 Å². The van der Waals surface area contributed by atoms with E-state index >= 15 is 0 Å². The Bertz CT molecular complexity index is 556. The summed E-state index contributed by atoms with van der Waals surface area (Å²) in [5, 5.41) is 9.42. The highest BCUT2D eigenvalue weighted by atomic mass is 19.4. The Balaban J connectivity index is 2.07. The molecule has 0 atom stereocenters. The van der Waals surface area contributed by atoms with Gasteiger partial charge in [-0.15, -0.1) is 0 Å². The molecule has 0 radical (unpaired) electrons. The molecule has 2 rings (SSSR count). The molecule has 0 unspecified atom stereocenters. The summed E-state index contributed by atoms with van der Waals surface area (Å²) in [4.78, 5) is 13.7. The summed E-state index contributed by atoms with van der Waals surface area (Å²) < 4.78 is 37.5. The van der Waals surface area contributed by atoms with Crippen LogP contribution < -0.4 is 0 Å². The summed E-state index contributed by atoms with van der Waals surface area (Å²) in [5.41, 5.74) is 0.489. The van der Waals surface area contributed by atoms with Crippen molar-refractivity contribution >= 4 is 11.5 Å². The molecule has 1 saturated heterocycles. The van der Waals surface area contributed by atoms with Gasteiger partial charge in [-0.05, 0) is 43.0 Å². The Morgan fingerprint density at radius 1 is 1.23 bits per heavy atom. The van der Waals surface area contributed by atoms with Crippen molar-refractivity contribution in [3.63, 3.8) is 0 Å². The van der Waals surface area contributed by atoms with Gasteiger partial charge in [-0.25, -0.2) is 0 Å². The highest BCUT2D eigenvalue weighted by Crippen LogP contribution is 2.30. The number of aliphatic hydroxyl groups is 1. The van der Waals surface area contributed by atoms with Gasteiger partial charge in [0, 0.05) is 19.2 Å². The number of carbonyl (C=O) groups excluding carboxylic acids is 1. The van der Waals surface area contributed by atoms with Crippen LogP contribution in [0.4, 0.5) is 13.2 Å². The van der Waals surface area contributed by atoms with Crippen molar-refractivity contribution in [2.24, 2.45) is 0 Å². The van der Waals surface area contributed by atoms with Gasteiger partial charge in [0.25, 0.3) is 0 Å². The number of benzene rings is 1. The summed E-state index contributed by atoms with van der Waals surface area (Å²) in [6.45, 7) is 2.69. The van der Waals surface area contributed by atoms with Crippen LogP contribution in [0.1, 0.15) is 30.9 Å². The first-order valence-electron chi connectivity index (χ1n) is 7.10. The molecule has 3 nitrogen and oxygen atoms in total. The van der Waals surface area contributed by atoms with Crippen LogP contribution in [0, 0.1) is 0 Å². The average Bonchev–Trinajstić information content (AvgIpc) is 2.47. The van der Waals surface area contributed by atoms with E-state index < -0.39 is 11.7 Å². The fourth-order valence-electron chi connectivity index (χ4n) is 2.37. The average molecular weight is 313 g/mol. The Hall–Kier alpha value is -1.82. The van der Waals surface area contributed by atoms with Gasteiger partial charge in [-0.3, -0.25) is 4.79 Å². The van der Waals surface area contributed by atoms with Gasteiger partial charge in [0.15, 0.2) is 0 Å². The lowest BCUT2D eigenvalue weighted by Gasteiger charge is -2.28. The molecular weight excluding hydrogens is 295 g/mol. The van der Waals surface area contributed by atoms with Gasteiger partial charge in [0.2, 0.25) is 5.91 Å². The van der Waals surface area contributed by atoms with E-state index in [1.807, 2.05) is 0 Å². The Kier molecular flexibility index (Phi) is 4.90. The highest BCUT2D eigenvalue weighted by molar-refractivity contribution is 5.94. The topological polar surface area (TPSA) is 40.5 Å². The second kappa shape index (κ2) is 6.52. The minimum atomic E-state index is -4.36. The first kappa shape index (κ1) is 16.5.